The van der Waals surface area contributed by atoms with Crippen molar-refractivity contribution in [3.05, 3.63) is 58.5 Å². The molecular formula is C24H28N2O3S. The molecule has 0 radical (unpaired) electrons. The van der Waals surface area contributed by atoms with Crippen molar-refractivity contribution < 1.29 is 14.3 Å². The van der Waals surface area contributed by atoms with Crippen molar-refractivity contribution in [2.75, 3.05) is 12.4 Å². The number of hydrogen-bond donors (Lipinski definition) is 1. The summed E-state index contributed by atoms with van der Waals surface area (Å²) < 4.78 is 11.1. The molecule has 0 aliphatic carbocycles. The van der Waals surface area contributed by atoms with Gasteiger partial charge in [-0.15, -0.1) is 11.3 Å². The summed E-state index contributed by atoms with van der Waals surface area (Å²) in [6.45, 7) is 10.0. The summed E-state index contributed by atoms with van der Waals surface area (Å²) in [6, 6.07) is 13.8. The van der Waals surface area contributed by atoms with E-state index in [9.17, 15) is 4.79 Å². The molecule has 30 heavy (non-hydrogen) atoms. The van der Waals surface area contributed by atoms with E-state index in [4.69, 9.17) is 9.47 Å². The van der Waals surface area contributed by atoms with Crippen LogP contribution in [0.25, 0.3) is 11.3 Å². The number of carbonyl (C=O) groups excluding carboxylic acids is 1. The number of aryl methyl sites for hydroxylation is 2. The lowest BCUT2D eigenvalue weighted by molar-refractivity contribution is -0.122. The highest BCUT2D eigenvalue weighted by Gasteiger charge is 2.18. The van der Waals surface area contributed by atoms with Gasteiger partial charge in [0, 0.05) is 10.4 Å². The summed E-state index contributed by atoms with van der Waals surface area (Å²) in [6.07, 6.45) is -0.634. The Bertz CT molecular complexity index is 1030. The minimum absolute atomic E-state index is 0.228. The number of nitrogens with one attached hydrogen (secondary N) is 1. The number of amides is 1. The second-order valence-corrected chi connectivity index (χ2v) is 8.78. The Balaban J connectivity index is 1.68. The Morgan fingerprint density at radius 2 is 1.77 bits per heavy atom. The quantitative estimate of drug-likeness (QED) is 0.508. The standard InChI is InChI=1S/C24H28N2O3S/c1-14(2)18-7-10-20(11-8-18)29-16(4)23(27)26-24-25-22(17(5)30-24)19-9-12-21(28-6)15(3)13-19/h7-14,16H,1-6H3,(H,25,26,27). The van der Waals surface area contributed by atoms with Crippen LogP contribution in [0, 0.1) is 13.8 Å². The van der Waals surface area contributed by atoms with Crippen LogP contribution in [0.2, 0.25) is 0 Å². The maximum absolute atomic E-state index is 12.6. The number of aromatic nitrogens is 1. The number of benzene rings is 2. The summed E-state index contributed by atoms with van der Waals surface area (Å²) in [5, 5.41) is 3.44. The van der Waals surface area contributed by atoms with Gasteiger partial charge in [-0.2, -0.15) is 0 Å². The Hall–Kier alpha value is -2.86. The van der Waals surface area contributed by atoms with Gasteiger partial charge in [0.2, 0.25) is 0 Å². The van der Waals surface area contributed by atoms with Crippen molar-refractivity contribution in [2.45, 2.75) is 46.6 Å². The molecule has 0 fully saturated rings. The monoisotopic (exact) mass is 424 g/mol. The molecule has 1 unspecified atom stereocenters. The maximum atomic E-state index is 12.6. The van der Waals surface area contributed by atoms with Gasteiger partial charge < -0.3 is 9.47 Å². The highest BCUT2D eigenvalue weighted by Crippen LogP contribution is 2.33. The third-order valence-electron chi connectivity index (χ3n) is 4.92. The second kappa shape index (κ2) is 9.30. The number of carbonyl (C=O) groups is 1. The molecule has 1 N–H and O–H groups in total. The summed E-state index contributed by atoms with van der Waals surface area (Å²) in [7, 11) is 1.66. The van der Waals surface area contributed by atoms with Gasteiger partial charge in [-0.05, 0) is 68.1 Å². The zero-order valence-electron chi connectivity index (χ0n) is 18.3. The van der Waals surface area contributed by atoms with E-state index in [0.717, 1.165) is 27.4 Å². The Morgan fingerprint density at radius 3 is 2.37 bits per heavy atom. The van der Waals surface area contributed by atoms with Crippen molar-refractivity contribution in [1.29, 1.82) is 0 Å². The minimum Gasteiger partial charge on any atom is -0.496 e. The predicted molar refractivity (Wildman–Crippen MR) is 123 cm³/mol. The van der Waals surface area contributed by atoms with Crippen LogP contribution in [0.1, 0.15) is 42.7 Å². The Kier molecular flexibility index (Phi) is 6.77. The smallest absolute Gasteiger partial charge is 0.266 e. The van der Waals surface area contributed by atoms with Gasteiger partial charge in [0.15, 0.2) is 11.2 Å². The van der Waals surface area contributed by atoms with Crippen LogP contribution >= 0.6 is 11.3 Å². The highest BCUT2D eigenvalue weighted by molar-refractivity contribution is 7.16. The first-order chi connectivity index (χ1) is 14.3. The molecule has 3 rings (SSSR count). The normalized spacial score (nSPS) is 12.0. The molecule has 158 valence electrons. The molecule has 0 aliphatic rings. The molecule has 1 amide bonds. The van der Waals surface area contributed by atoms with Crippen LogP contribution in [0.4, 0.5) is 5.13 Å². The lowest BCUT2D eigenvalue weighted by Gasteiger charge is -2.14. The Labute approximate surface area is 182 Å². The van der Waals surface area contributed by atoms with Gasteiger partial charge in [-0.1, -0.05) is 26.0 Å². The zero-order chi connectivity index (χ0) is 21.8. The van der Waals surface area contributed by atoms with Crippen molar-refractivity contribution >= 4 is 22.4 Å². The van der Waals surface area contributed by atoms with Gasteiger partial charge >= 0.3 is 0 Å². The van der Waals surface area contributed by atoms with Crippen molar-refractivity contribution in [3.63, 3.8) is 0 Å². The van der Waals surface area contributed by atoms with Gasteiger partial charge in [-0.25, -0.2) is 4.98 Å². The predicted octanol–water partition coefficient (Wildman–Crippen LogP) is 5.96. The van der Waals surface area contributed by atoms with Crippen molar-refractivity contribution in [2.24, 2.45) is 0 Å². The molecule has 6 heteroatoms. The van der Waals surface area contributed by atoms with E-state index in [1.165, 1.54) is 16.9 Å². The first kappa shape index (κ1) is 21.8. The molecule has 0 spiro atoms. The number of nitrogens with zero attached hydrogens (tertiary/aromatic N) is 1. The number of rotatable bonds is 7. The molecule has 0 saturated heterocycles. The van der Waals surface area contributed by atoms with Gasteiger partial charge in [0.25, 0.3) is 5.91 Å². The summed E-state index contributed by atoms with van der Waals surface area (Å²) in [4.78, 5) is 18.3. The fourth-order valence-corrected chi connectivity index (χ4v) is 3.98. The zero-order valence-corrected chi connectivity index (χ0v) is 19.1. The minimum atomic E-state index is -0.634. The fraction of sp³-hybridized carbons (Fsp3) is 0.333. The number of ether oxygens (including phenoxy) is 2. The van der Waals surface area contributed by atoms with E-state index in [1.54, 1.807) is 14.0 Å². The topological polar surface area (TPSA) is 60.5 Å². The number of hydrogen-bond acceptors (Lipinski definition) is 5. The third-order valence-corrected chi connectivity index (χ3v) is 5.81. The van der Waals surface area contributed by atoms with E-state index in [0.29, 0.717) is 16.8 Å². The van der Waals surface area contributed by atoms with Gasteiger partial charge in [0.05, 0.1) is 12.8 Å². The van der Waals surface area contributed by atoms with E-state index < -0.39 is 6.10 Å². The van der Waals surface area contributed by atoms with Crippen molar-refractivity contribution in [3.8, 4) is 22.8 Å². The third kappa shape index (κ3) is 5.00. The lowest BCUT2D eigenvalue weighted by Crippen LogP contribution is -2.30. The molecular weight excluding hydrogens is 396 g/mol. The molecule has 1 atom stereocenters. The first-order valence-electron chi connectivity index (χ1n) is 9.98. The molecule has 2 aromatic carbocycles. The van der Waals surface area contributed by atoms with Gasteiger partial charge in [-0.3, -0.25) is 10.1 Å². The second-order valence-electron chi connectivity index (χ2n) is 7.58. The molecule has 3 aromatic rings. The number of methoxy groups -OCH3 is 1. The lowest BCUT2D eigenvalue weighted by atomic mass is 10.0. The summed E-state index contributed by atoms with van der Waals surface area (Å²) >= 11 is 1.45. The first-order valence-corrected chi connectivity index (χ1v) is 10.8. The SMILES string of the molecule is COc1ccc(-c2nc(NC(=O)C(C)Oc3ccc(C(C)C)cc3)sc2C)cc1C. The fourth-order valence-electron chi connectivity index (χ4n) is 3.14. The van der Waals surface area contributed by atoms with E-state index in [-0.39, 0.29) is 5.91 Å². The molecule has 0 saturated carbocycles. The molecule has 5 nitrogen and oxygen atoms in total. The summed E-state index contributed by atoms with van der Waals surface area (Å²) in [5.74, 6) is 1.74. The van der Waals surface area contributed by atoms with Crippen LogP contribution in [0.5, 0.6) is 11.5 Å². The van der Waals surface area contributed by atoms with Crippen LogP contribution in [-0.2, 0) is 4.79 Å². The Morgan fingerprint density at radius 1 is 1.07 bits per heavy atom. The highest BCUT2D eigenvalue weighted by atomic mass is 32.1. The summed E-state index contributed by atoms with van der Waals surface area (Å²) in [5.41, 5.74) is 4.13. The average Bonchev–Trinajstić information content (AvgIpc) is 3.08. The average molecular weight is 425 g/mol. The molecule has 0 bridgehead atoms. The van der Waals surface area contributed by atoms with Gasteiger partial charge in [0.1, 0.15) is 11.5 Å². The molecule has 0 aliphatic heterocycles. The molecule has 1 aromatic heterocycles. The van der Waals surface area contributed by atoms with Crippen molar-refractivity contribution in [1.82, 2.24) is 4.98 Å². The number of thiazole rings is 1. The van der Waals surface area contributed by atoms with E-state index in [1.807, 2.05) is 56.3 Å². The van der Waals surface area contributed by atoms with Crippen LogP contribution < -0.4 is 14.8 Å². The van der Waals surface area contributed by atoms with Crippen LogP contribution in [-0.4, -0.2) is 24.1 Å². The largest absolute Gasteiger partial charge is 0.496 e. The maximum Gasteiger partial charge on any atom is 0.266 e. The van der Waals surface area contributed by atoms with Crippen LogP contribution in [0.3, 0.4) is 0 Å². The van der Waals surface area contributed by atoms with E-state index >= 15 is 0 Å². The number of anilines is 1. The molecule has 1 heterocycles. The van der Waals surface area contributed by atoms with Crippen LogP contribution in [0.15, 0.2) is 42.5 Å². The van der Waals surface area contributed by atoms with E-state index in [2.05, 4.69) is 24.1 Å².